The van der Waals surface area contributed by atoms with Gasteiger partial charge in [-0.05, 0) is 38.1 Å². The maximum atomic E-state index is 13.1. The maximum Gasteiger partial charge on any atom is 0.254 e. The number of nitrogens with zero attached hydrogens (tertiary/aromatic N) is 2. The molecule has 7 heteroatoms. The SMILES string of the molecule is CCOc1ccccc1N1CCN(C(=O)c2cc(OC)cc(OC)c2)[C@@H](C)C1=O. The first-order chi connectivity index (χ1) is 14.0. The lowest BCUT2D eigenvalue weighted by atomic mass is 10.1. The van der Waals surface area contributed by atoms with E-state index in [0.717, 1.165) is 5.69 Å². The van der Waals surface area contributed by atoms with Crippen molar-refractivity contribution in [1.82, 2.24) is 4.90 Å². The van der Waals surface area contributed by atoms with Crippen LogP contribution in [0.5, 0.6) is 17.2 Å². The highest BCUT2D eigenvalue weighted by atomic mass is 16.5. The number of hydrogen-bond donors (Lipinski definition) is 0. The zero-order valence-corrected chi connectivity index (χ0v) is 17.2. The largest absolute Gasteiger partial charge is 0.497 e. The summed E-state index contributed by atoms with van der Waals surface area (Å²) < 4.78 is 16.2. The third kappa shape index (κ3) is 4.13. The standard InChI is InChI=1S/C22H26N2O5/c1-5-29-20-9-7-6-8-19(20)24-11-10-23(15(2)21(24)25)22(26)16-12-17(27-3)14-18(13-16)28-4/h6-9,12-15H,5,10-11H2,1-4H3/t15-/m0/s1. The van der Waals surface area contributed by atoms with Crippen molar-refractivity contribution in [3.63, 3.8) is 0 Å². The predicted octanol–water partition coefficient (Wildman–Crippen LogP) is 2.98. The van der Waals surface area contributed by atoms with E-state index in [2.05, 4.69) is 0 Å². The molecule has 3 rings (SSSR count). The Morgan fingerprint density at radius 2 is 1.72 bits per heavy atom. The predicted molar refractivity (Wildman–Crippen MR) is 110 cm³/mol. The average Bonchev–Trinajstić information content (AvgIpc) is 2.75. The summed E-state index contributed by atoms with van der Waals surface area (Å²) in [7, 11) is 3.06. The van der Waals surface area contributed by atoms with Gasteiger partial charge in [-0.2, -0.15) is 0 Å². The molecule has 0 unspecified atom stereocenters. The monoisotopic (exact) mass is 398 g/mol. The molecule has 154 valence electrons. The van der Waals surface area contributed by atoms with E-state index in [4.69, 9.17) is 14.2 Å². The lowest BCUT2D eigenvalue weighted by Crippen LogP contribution is -2.57. The maximum absolute atomic E-state index is 13.1. The number of ether oxygens (including phenoxy) is 3. The van der Waals surface area contributed by atoms with Gasteiger partial charge in [0.1, 0.15) is 23.3 Å². The van der Waals surface area contributed by atoms with Crippen LogP contribution in [0.25, 0.3) is 0 Å². The van der Waals surface area contributed by atoms with Crippen LogP contribution >= 0.6 is 0 Å². The lowest BCUT2D eigenvalue weighted by Gasteiger charge is -2.39. The van der Waals surface area contributed by atoms with Crippen molar-refractivity contribution in [2.75, 3.05) is 38.8 Å². The number of methoxy groups -OCH3 is 2. The van der Waals surface area contributed by atoms with Crippen LogP contribution < -0.4 is 19.1 Å². The third-order valence-corrected chi connectivity index (χ3v) is 4.97. The molecule has 1 aliphatic heterocycles. The number of carbonyl (C=O) groups is 2. The zero-order chi connectivity index (χ0) is 21.0. The van der Waals surface area contributed by atoms with Crippen LogP contribution in [0.4, 0.5) is 5.69 Å². The van der Waals surface area contributed by atoms with Crippen LogP contribution in [0.2, 0.25) is 0 Å². The Labute approximate surface area is 170 Å². The minimum absolute atomic E-state index is 0.147. The van der Waals surface area contributed by atoms with Crippen LogP contribution in [-0.2, 0) is 4.79 Å². The Balaban J connectivity index is 1.84. The van der Waals surface area contributed by atoms with E-state index >= 15 is 0 Å². The first-order valence-corrected chi connectivity index (χ1v) is 9.57. The molecule has 29 heavy (non-hydrogen) atoms. The molecular weight excluding hydrogens is 372 g/mol. The number of para-hydroxylation sites is 2. The topological polar surface area (TPSA) is 68.3 Å². The van der Waals surface area contributed by atoms with Crippen molar-refractivity contribution in [3.8, 4) is 17.2 Å². The van der Waals surface area contributed by atoms with Crippen LogP contribution in [0, 0.1) is 0 Å². The van der Waals surface area contributed by atoms with Crippen molar-refractivity contribution in [2.24, 2.45) is 0 Å². The molecule has 0 spiro atoms. The molecule has 1 saturated heterocycles. The molecule has 1 aliphatic rings. The van der Waals surface area contributed by atoms with Gasteiger partial charge in [-0.3, -0.25) is 9.59 Å². The Hall–Kier alpha value is -3.22. The minimum atomic E-state index is -0.608. The van der Waals surface area contributed by atoms with Gasteiger partial charge < -0.3 is 24.0 Å². The van der Waals surface area contributed by atoms with Gasteiger partial charge in [-0.25, -0.2) is 0 Å². The Morgan fingerprint density at radius 3 is 2.34 bits per heavy atom. The molecule has 1 atom stereocenters. The number of benzene rings is 2. The van der Waals surface area contributed by atoms with E-state index in [0.29, 0.717) is 42.5 Å². The Morgan fingerprint density at radius 1 is 1.07 bits per heavy atom. The van der Waals surface area contributed by atoms with E-state index in [-0.39, 0.29) is 11.8 Å². The van der Waals surface area contributed by atoms with Crippen LogP contribution in [0.15, 0.2) is 42.5 Å². The van der Waals surface area contributed by atoms with Gasteiger partial charge in [-0.1, -0.05) is 12.1 Å². The fourth-order valence-electron chi connectivity index (χ4n) is 3.44. The first-order valence-electron chi connectivity index (χ1n) is 9.57. The fraction of sp³-hybridized carbons (Fsp3) is 0.364. The number of rotatable bonds is 6. The van der Waals surface area contributed by atoms with Gasteiger partial charge >= 0.3 is 0 Å². The first kappa shape index (κ1) is 20.5. The average molecular weight is 398 g/mol. The normalized spacial score (nSPS) is 16.6. The fourth-order valence-corrected chi connectivity index (χ4v) is 3.44. The lowest BCUT2D eigenvalue weighted by molar-refractivity contribution is -0.124. The summed E-state index contributed by atoms with van der Waals surface area (Å²) in [5.41, 5.74) is 1.14. The van der Waals surface area contributed by atoms with Crippen molar-refractivity contribution < 1.29 is 23.8 Å². The van der Waals surface area contributed by atoms with E-state index in [1.54, 1.807) is 34.9 Å². The van der Waals surface area contributed by atoms with Gasteiger partial charge in [0, 0.05) is 24.7 Å². The Bertz CT molecular complexity index is 876. The smallest absolute Gasteiger partial charge is 0.254 e. The summed E-state index contributed by atoms with van der Waals surface area (Å²) in [6, 6.07) is 11.8. The highest BCUT2D eigenvalue weighted by Gasteiger charge is 2.36. The van der Waals surface area contributed by atoms with Crippen molar-refractivity contribution >= 4 is 17.5 Å². The second kappa shape index (κ2) is 8.86. The minimum Gasteiger partial charge on any atom is -0.497 e. The zero-order valence-electron chi connectivity index (χ0n) is 17.2. The van der Waals surface area contributed by atoms with Gasteiger partial charge in [-0.15, -0.1) is 0 Å². The number of anilines is 1. The molecule has 1 fully saturated rings. The highest BCUT2D eigenvalue weighted by molar-refractivity contribution is 6.04. The quantitative estimate of drug-likeness (QED) is 0.748. The van der Waals surface area contributed by atoms with Gasteiger partial charge in [0.2, 0.25) is 5.91 Å². The van der Waals surface area contributed by atoms with E-state index in [1.165, 1.54) is 14.2 Å². The van der Waals surface area contributed by atoms with Gasteiger partial charge in [0.25, 0.3) is 5.91 Å². The van der Waals surface area contributed by atoms with Crippen molar-refractivity contribution in [3.05, 3.63) is 48.0 Å². The molecule has 7 nitrogen and oxygen atoms in total. The molecule has 0 bridgehead atoms. The second-order valence-corrected chi connectivity index (χ2v) is 6.67. The molecule has 1 heterocycles. The molecule has 2 amide bonds. The van der Waals surface area contributed by atoms with E-state index in [9.17, 15) is 9.59 Å². The molecule has 0 aliphatic carbocycles. The van der Waals surface area contributed by atoms with E-state index in [1.807, 2.05) is 31.2 Å². The summed E-state index contributed by atoms with van der Waals surface area (Å²) >= 11 is 0. The summed E-state index contributed by atoms with van der Waals surface area (Å²) in [5, 5.41) is 0. The summed E-state index contributed by atoms with van der Waals surface area (Å²) in [6.07, 6.45) is 0. The molecule has 0 radical (unpaired) electrons. The molecule has 0 aromatic heterocycles. The van der Waals surface area contributed by atoms with Crippen LogP contribution in [0.3, 0.4) is 0 Å². The summed E-state index contributed by atoms with van der Waals surface area (Å²) in [6.45, 7) is 4.95. The van der Waals surface area contributed by atoms with Crippen molar-refractivity contribution in [2.45, 2.75) is 19.9 Å². The number of piperazine rings is 1. The van der Waals surface area contributed by atoms with E-state index < -0.39 is 6.04 Å². The molecular formula is C22H26N2O5. The number of carbonyl (C=O) groups excluding carboxylic acids is 2. The molecule has 0 saturated carbocycles. The number of amides is 2. The summed E-state index contributed by atoms with van der Waals surface area (Å²) in [4.78, 5) is 29.5. The molecule has 2 aromatic carbocycles. The third-order valence-electron chi connectivity index (χ3n) is 4.97. The van der Waals surface area contributed by atoms with Gasteiger partial charge in [0.15, 0.2) is 0 Å². The van der Waals surface area contributed by atoms with Crippen LogP contribution in [-0.4, -0.2) is 56.7 Å². The molecule has 0 N–H and O–H groups in total. The molecule has 2 aromatic rings. The van der Waals surface area contributed by atoms with Gasteiger partial charge in [0.05, 0.1) is 26.5 Å². The Kier molecular flexibility index (Phi) is 6.26. The highest BCUT2D eigenvalue weighted by Crippen LogP contribution is 2.31. The number of hydrogen-bond acceptors (Lipinski definition) is 5. The second-order valence-electron chi connectivity index (χ2n) is 6.67. The van der Waals surface area contributed by atoms with Crippen LogP contribution in [0.1, 0.15) is 24.2 Å². The summed E-state index contributed by atoms with van der Waals surface area (Å²) in [5.74, 6) is 1.33. The van der Waals surface area contributed by atoms with Crippen molar-refractivity contribution in [1.29, 1.82) is 0 Å².